The third kappa shape index (κ3) is 3.76. The quantitative estimate of drug-likeness (QED) is 0.813. The summed E-state index contributed by atoms with van der Waals surface area (Å²) in [4.78, 5) is 11.5. The average Bonchev–Trinajstić information content (AvgIpc) is 2.55. The number of hydrogen-bond acceptors (Lipinski definition) is 3. The number of carbonyl (C=O) groups excluding carboxylic acids is 1. The SMILES string of the molecule is COC(=O)c1ccc(C(C)C(CO)c2cccc(Br)c2)cc1. The van der Waals surface area contributed by atoms with Crippen molar-refractivity contribution in [2.45, 2.75) is 18.8 Å². The summed E-state index contributed by atoms with van der Waals surface area (Å²) in [7, 11) is 1.37. The molecule has 0 amide bonds. The molecule has 0 aliphatic heterocycles. The van der Waals surface area contributed by atoms with Gasteiger partial charge in [0, 0.05) is 10.4 Å². The molecule has 3 nitrogen and oxygen atoms in total. The van der Waals surface area contributed by atoms with Gasteiger partial charge in [0.2, 0.25) is 0 Å². The van der Waals surface area contributed by atoms with Gasteiger partial charge in [0.25, 0.3) is 0 Å². The summed E-state index contributed by atoms with van der Waals surface area (Å²) in [6.45, 7) is 2.14. The molecule has 0 fully saturated rings. The van der Waals surface area contributed by atoms with Gasteiger partial charge < -0.3 is 9.84 Å². The number of ether oxygens (including phenoxy) is 1. The maximum Gasteiger partial charge on any atom is 0.337 e. The lowest BCUT2D eigenvalue weighted by Crippen LogP contribution is -2.13. The van der Waals surface area contributed by atoms with Gasteiger partial charge in [-0.3, -0.25) is 0 Å². The van der Waals surface area contributed by atoms with E-state index in [1.807, 2.05) is 36.4 Å². The highest BCUT2D eigenvalue weighted by Crippen LogP contribution is 2.33. The molecule has 0 saturated carbocycles. The second-order valence-corrected chi connectivity index (χ2v) is 6.16. The van der Waals surface area contributed by atoms with E-state index < -0.39 is 0 Å². The Morgan fingerprint density at radius 1 is 1.18 bits per heavy atom. The molecule has 2 aromatic rings. The van der Waals surface area contributed by atoms with Crippen molar-refractivity contribution in [3.63, 3.8) is 0 Å². The Morgan fingerprint density at radius 2 is 1.86 bits per heavy atom. The molecular weight excluding hydrogens is 344 g/mol. The molecule has 2 unspecified atom stereocenters. The highest BCUT2D eigenvalue weighted by molar-refractivity contribution is 9.10. The van der Waals surface area contributed by atoms with Crippen molar-refractivity contribution in [1.82, 2.24) is 0 Å². The second kappa shape index (κ2) is 7.56. The molecule has 2 atom stereocenters. The third-order valence-corrected chi connectivity index (χ3v) is 4.43. The fourth-order valence-electron chi connectivity index (χ4n) is 2.56. The summed E-state index contributed by atoms with van der Waals surface area (Å²) < 4.78 is 5.70. The summed E-state index contributed by atoms with van der Waals surface area (Å²) in [6, 6.07) is 15.3. The van der Waals surface area contributed by atoms with Gasteiger partial charge in [0.15, 0.2) is 0 Å². The number of carbonyl (C=O) groups is 1. The summed E-state index contributed by atoms with van der Waals surface area (Å²) in [5.74, 6) is -0.211. The van der Waals surface area contributed by atoms with Crippen molar-refractivity contribution in [2.75, 3.05) is 13.7 Å². The van der Waals surface area contributed by atoms with Gasteiger partial charge >= 0.3 is 5.97 Å². The first-order chi connectivity index (χ1) is 10.6. The van der Waals surface area contributed by atoms with Crippen LogP contribution in [-0.2, 0) is 4.74 Å². The van der Waals surface area contributed by atoms with E-state index in [2.05, 4.69) is 22.9 Å². The predicted molar refractivity (Wildman–Crippen MR) is 90.2 cm³/mol. The van der Waals surface area contributed by atoms with Gasteiger partial charge in [0.1, 0.15) is 0 Å². The van der Waals surface area contributed by atoms with Crippen molar-refractivity contribution >= 4 is 21.9 Å². The lowest BCUT2D eigenvalue weighted by molar-refractivity contribution is 0.0600. The fourth-order valence-corrected chi connectivity index (χ4v) is 2.98. The van der Waals surface area contributed by atoms with Crippen molar-refractivity contribution in [3.8, 4) is 0 Å². The molecule has 2 aromatic carbocycles. The standard InChI is InChI=1S/C18H19BrO3/c1-12(13-6-8-14(9-7-13)18(21)22-2)17(11-20)15-4-3-5-16(19)10-15/h3-10,12,17,20H,11H2,1-2H3. The van der Waals surface area contributed by atoms with Crippen LogP contribution in [0.4, 0.5) is 0 Å². The van der Waals surface area contributed by atoms with Gasteiger partial charge in [-0.1, -0.05) is 47.1 Å². The minimum absolute atomic E-state index is 0.00137. The van der Waals surface area contributed by atoms with Crippen LogP contribution in [0.15, 0.2) is 53.0 Å². The molecule has 2 rings (SSSR count). The number of aliphatic hydroxyl groups excluding tert-OH is 1. The zero-order chi connectivity index (χ0) is 16.1. The van der Waals surface area contributed by atoms with E-state index in [-0.39, 0.29) is 24.4 Å². The van der Waals surface area contributed by atoms with E-state index in [1.54, 1.807) is 12.1 Å². The monoisotopic (exact) mass is 362 g/mol. The van der Waals surface area contributed by atoms with Crippen molar-refractivity contribution in [1.29, 1.82) is 0 Å². The molecule has 0 radical (unpaired) electrons. The number of rotatable bonds is 5. The van der Waals surface area contributed by atoms with E-state index in [4.69, 9.17) is 4.74 Å². The number of esters is 1. The summed E-state index contributed by atoms with van der Waals surface area (Å²) in [5.41, 5.74) is 2.69. The van der Waals surface area contributed by atoms with Gasteiger partial charge in [-0.05, 0) is 41.3 Å². The largest absolute Gasteiger partial charge is 0.465 e. The molecule has 0 aliphatic rings. The van der Waals surface area contributed by atoms with Crippen LogP contribution in [0, 0.1) is 0 Å². The molecule has 22 heavy (non-hydrogen) atoms. The fraction of sp³-hybridized carbons (Fsp3) is 0.278. The van der Waals surface area contributed by atoms with E-state index in [9.17, 15) is 9.90 Å². The van der Waals surface area contributed by atoms with E-state index in [0.29, 0.717) is 5.56 Å². The molecule has 0 aromatic heterocycles. The van der Waals surface area contributed by atoms with Crippen LogP contribution in [0.5, 0.6) is 0 Å². The molecular formula is C18H19BrO3. The van der Waals surface area contributed by atoms with Gasteiger partial charge in [0.05, 0.1) is 19.3 Å². The zero-order valence-electron chi connectivity index (χ0n) is 12.6. The molecule has 116 valence electrons. The van der Waals surface area contributed by atoms with Crippen molar-refractivity contribution < 1.29 is 14.6 Å². The normalized spacial score (nSPS) is 13.5. The third-order valence-electron chi connectivity index (χ3n) is 3.93. The molecule has 0 saturated heterocycles. The van der Waals surface area contributed by atoms with Crippen LogP contribution in [-0.4, -0.2) is 24.8 Å². The average molecular weight is 363 g/mol. The van der Waals surface area contributed by atoms with E-state index in [1.165, 1.54) is 7.11 Å². The Balaban J connectivity index is 2.25. The van der Waals surface area contributed by atoms with Crippen LogP contribution in [0.2, 0.25) is 0 Å². The Kier molecular flexibility index (Phi) is 5.75. The maximum atomic E-state index is 11.5. The predicted octanol–water partition coefficient (Wildman–Crippen LogP) is 4.12. The maximum absolute atomic E-state index is 11.5. The Morgan fingerprint density at radius 3 is 2.41 bits per heavy atom. The summed E-state index contributed by atoms with van der Waals surface area (Å²) in [5, 5.41) is 9.79. The number of hydrogen-bond donors (Lipinski definition) is 1. The molecule has 0 heterocycles. The van der Waals surface area contributed by atoms with Gasteiger partial charge in [-0.25, -0.2) is 4.79 Å². The molecule has 0 bridgehead atoms. The summed E-state index contributed by atoms with van der Waals surface area (Å²) in [6.07, 6.45) is 0. The Bertz CT molecular complexity index is 637. The summed E-state index contributed by atoms with van der Waals surface area (Å²) >= 11 is 3.47. The smallest absolute Gasteiger partial charge is 0.337 e. The minimum atomic E-state index is -0.343. The van der Waals surface area contributed by atoms with Crippen LogP contribution < -0.4 is 0 Å². The first kappa shape index (κ1) is 16.7. The lowest BCUT2D eigenvalue weighted by atomic mass is 9.83. The number of methoxy groups -OCH3 is 1. The first-order valence-electron chi connectivity index (χ1n) is 7.11. The van der Waals surface area contributed by atoms with Crippen LogP contribution in [0.1, 0.15) is 40.2 Å². The van der Waals surface area contributed by atoms with Crippen LogP contribution >= 0.6 is 15.9 Å². The van der Waals surface area contributed by atoms with Gasteiger partial charge in [-0.15, -0.1) is 0 Å². The lowest BCUT2D eigenvalue weighted by Gasteiger charge is -2.23. The molecule has 0 spiro atoms. The van der Waals surface area contributed by atoms with Gasteiger partial charge in [-0.2, -0.15) is 0 Å². The molecule has 1 N–H and O–H groups in total. The number of benzene rings is 2. The number of aliphatic hydroxyl groups is 1. The highest BCUT2D eigenvalue weighted by Gasteiger charge is 2.20. The van der Waals surface area contributed by atoms with Crippen LogP contribution in [0.25, 0.3) is 0 Å². The topological polar surface area (TPSA) is 46.5 Å². The first-order valence-corrected chi connectivity index (χ1v) is 7.90. The highest BCUT2D eigenvalue weighted by atomic mass is 79.9. The zero-order valence-corrected chi connectivity index (χ0v) is 14.2. The second-order valence-electron chi connectivity index (χ2n) is 5.25. The number of halogens is 1. The molecule has 4 heteroatoms. The van der Waals surface area contributed by atoms with E-state index >= 15 is 0 Å². The minimum Gasteiger partial charge on any atom is -0.465 e. The van der Waals surface area contributed by atoms with Crippen molar-refractivity contribution in [3.05, 3.63) is 69.7 Å². The Hall–Kier alpha value is -1.65. The van der Waals surface area contributed by atoms with Crippen LogP contribution in [0.3, 0.4) is 0 Å². The molecule has 0 aliphatic carbocycles. The van der Waals surface area contributed by atoms with E-state index in [0.717, 1.165) is 15.6 Å². The Labute approximate surface area is 139 Å². The van der Waals surface area contributed by atoms with Crippen molar-refractivity contribution in [2.24, 2.45) is 0 Å².